The molecule has 0 atom stereocenters. The van der Waals surface area contributed by atoms with Gasteiger partial charge in [-0.15, -0.1) is 0 Å². The fraction of sp³-hybridized carbons (Fsp3) is 0.222. The molecule has 5 heteroatoms. The van der Waals surface area contributed by atoms with Gasteiger partial charge < -0.3 is 11.1 Å². The lowest BCUT2D eigenvalue weighted by Gasteiger charge is -2.06. The van der Waals surface area contributed by atoms with Crippen molar-refractivity contribution in [3.63, 3.8) is 0 Å². The first-order valence-corrected chi connectivity index (χ1v) is 4.44. The standard InChI is InChI=1S/C9H10ClFN2O/c10-7-2-1-6(11)5-8(7)13-4-3-9(12)14/h1-2,5,13H,3-4H2,(H2,12,14). The van der Waals surface area contributed by atoms with E-state index in [-0.39, 0.29) is 12.2 Å². The average Bonchev–Trinajstić information content (AvgIpc) is 2.10. The maximum atomic E-state index is 12.7. The molecule has 0 fully saturated rings. The van der Waals surface area contributed by atoms with Crippen LogP contribution >= 0.6 is 11.6 Å². The molecule has 0 unspecified atom stereocenters. The van der Waals surface area contributed by atoms with Crippen molar-refractivity contribution in [1.29, 1.82) is 0 Å². The first-order valence-electron chi connectivity index (χ1n) is 4.07. The minimum atomic E-state index is -0.412. The molecule has 0 bridgehead atoms. The Kier molecular flexibility index (Phi) is 3.71. The van der Waals surface area contributed by atoms with E-state index >= 15 is 0 Å². The van der Waals surface area contributed by atoms with Gasteiger partial charge in [0.15, 0.2) is 0 Å². The Balaban J connectivity index is 2.57. The molecular formula is C9H10ClFN2O. The van der Waals surface area contributed by atoms with Crippen LogP contribution in [-0.2, 0) is 4.79 Å². The van der Waals surface area contributed by atoms with Crippen LogP contribution in [0.2, 0.25) is 5.02 Å². The number of rotatable bonds is 4. The van der Waals surface area contributed by atoms with E-state index in [0.717, 1.165) is 0 Å². The maximum absolute atomic E-state index is 12.7. The predicted molar refractivity (Wildman–Crippen MR) is 53.7 cm³/mol. The van der Waals surface area contributed by atoms with Crippen LogP contribution in [0.25, 0.3) is 0 Å². The molecule has 0 aliphatic carbocycles. The Bertz CT molecular complexity index is 344. The molecule has 3 nitrogen and oxygen atoms in total. The van der Waals surface area contributed by atoms with Gasteiger partial charge in [0, 0.05) is 13.0 Å². The van der Waals surface area contributed by atoms with Gasteiger partial charge in [0.1, 0.15) is 5.82 Å². The first-order chi connectivity index (χ1) is 6.59. The topological polar surface area (TPSA) is 55.1 Å². The Labute approximate surface area is 86.0 Å². The van der Waals surface area contributed by atoms with Crippen LogP contribution < -0.4 is 11.1 Å². The van der Waals surface area contributed by atoms with E-state index in [1.165, 1.54) is 18.2 Å². The number of amides is 1. The number of anilines is 1. The number of nitrogens with two attached hydrogens (primary N) is 1. The summed E-state index contributed by atoms with van der Waals surface area (Å²) in [6, 6.07) is 3.98. The highest BCUT2D eigenvalue weighted by Gasteiger charge is 2.01. The number of nitrogens with one attached hydrogen (secondary N) is 1. The van der Waals surface area contributed by atoms with Crippen molar-refractivity contribution in [2.75, 3.05) is 11.9 Å². The summed E-state index contributed by atoms with van der Waals surface area (Å²) in [5, 5.41) is 3.23. The van der Waals surface area contributed by atoms with E-state index in [1.54, 1.807) is 0 Å². The normalized spacial score (nSPS) is 9.86. The summed E-state index contributed by atoms with van der Waals surface area (Å²) in [5.41, 5.74) is 5.40. The number of hydrogen-bond acceptors (Lipinski definition) is 2. The molecular weight excluding hydrogens is 207 g/mol. The van der Waals surface area contributed by atoms with Crippen LogP contribution in [-0.4, -0.2) is 12.5 Å². The molecule has 14 heavy (non-hydrogen) atoms. The quantitative estimate of drug-likeness (QED) is 0.806. The summed E-state index contributed by atoms with van der Waals surface area (Å²) in [6.07, 6.45) is 0.187. The second-order valence-electron chi connectivity index (χ2n) is 2.77. The monoisotopic (exact) mass is 216 g/mol. The third-order valence-corrected chi connectivity index (χ3v) is 1.94. The number of benzene rings is 1. The number of halogens is 2. The zero-order valence-corrected chi connectivity index (χ0v) is 8.14. The third kappa shape index (κ3) is 3.22. The van der Waals surface area contributed by atoms with Gasteiger partial charge in [-0.25, -0.2) is 4.39 Å². The molecule has 0 saturated carbocycles. The molecule has 1 rings (SSSR count). The van der Waals surface area contributed by atoms with Crippen LogP contribution in [0.1, 0.15) is 6.42 Å². The van der Waals surface area contributed by atoms with Crippen LogP contribution in [0.5, 0.6) is 0 Å². The summed E-state index contributed by atoms with van der Waals surface area (Å²) in [7, 11) is 0. The van der Waals surface area contributed by atoms with Gasteiger partial charge in [-0.2, -0.15) is 0 Å². The van der Waals surface area contributed by atoms with E-state index in [2.05, 4.69) is 5.32 Å². The van der Waals surface area contributed by atoms with Crippen molar-refractivity contribution < 1.29 is 9.18 Å². The molecule has 0 spiro atoms. The summed E-state index contributed by atoms with van der Waals surface area (Å²) >= 11 is 5.77. The molecule has 0 aliphatic heterocycles. The number of carbonyl (C=O) groups excluding carboxylic acids is 1. The van der Waals surface area contributed by atoms with Gasteiger partial charge in [0.2, 0.25) is 5.91 Å². The van der Waals surface area contributed by atoms with E-state index in [9.17, 15) is 9.18 Å². The van der Waals surface area contributed by atoms with Crippen LogP contribution in [0, 0.1) is 5.82 Å². The third-order valence-electron chi connectivity index (χ3n) is 1.62. The molecule has 3 N–H and O–H groups in total. The molecule has 1 aromatic rings. The van der Waals surface area contributed by atoms with Crippen molar-refractivity contribution in [2.24, 2.45) is 5.73 Å². The van der Waals surface area contributed by atoms with Crippen molar-refractivity contribution in [1.82, 2.24) is 0 Å². The summed E-state index contributed by atoms with van der Waals surface area (Å²) < 4.78 is 12.7. The van der Waals surface area contributed by atoms with Crippen LogP contribution in [0.3, 0.4) is 0 Å². The molecule has 0 radical (unpaired) electrons. The molecule has 1 amide bonds. The second-order valence-corrected chi connectivity index (χ2v) is 3.17. The molecule has 0 aromatic heterocycles. The molecule has 0 heterocycles. The zero-order valence-electron chi connectivity index (χ0n) is 7.39. The highest BCUT2D eigenvalue weighted by atomic mass is 35.5. The highest BCUT2D eigenvalue weighted by Crippen LogP contribution is 2.21. The zero-order chi connectivity index (χ0) is 10.6. The lowest BCUT2D eigenvalue weighted by molar-refractivity contribution is -0.117. The molecule has 76 valence electrons. The largest absolute Gasteiger partial charge is 0.383 e. The van der Waals surface area contributed by atoms with Gasteiger partial charge >= 0.3 is 0 Å². The lowest BCUT2D eigenvalue weighted by atomic mass is 10.3. The fourth-order valence-corrected chi connectivity index (χ4v) is 1.14. The number of carbonyl (C=O) groups is 1. The van der Waals surface area contributed by atoms with Gasteiger partial charge in [-0.3, -0.25) is 4.79 Å². The Morgan fingerprint density at radius 3 is 2.93 bits per heavy atom. The second kappa shape index (κ2) is 4.81. The van der Waals surface area contributed by atoms with Crippen molar-refractivity contribution >= 4 is 23.2 Å². The van der Waals surface area contributed by atoms with E-state index in [0.29, 0.717) is 17.3 Å². The van der Waals surface area contributed by atoms with Gasteiger partial charge in [0.25, 0.3) is 0 Å². The predicted octanol–water partition coefficient (Wildman–Crippen LogP) is 1.77. The van der Waals surface area contributed by atoms with Gasteiger partial charge in [-0.1, -0.05) is 11.6 Å². The SMILES string of the molecule is NC(=O)CCNc1cc(F)ccc1Cl. The first kappa shape index (κ1) is 10.8. The number of primary amides is 1. The highest BCUT2D eigenvalue weighted by molar-refractivity contribution is 6.33. The summed E-state index contributed by atoms with van der Waals surface area (Å²) in [6.45, 7) is 0.346. The van der Waals surface area contributed by atoms with Crippen LogP contribution in [0.15, 0.2) is 18.2 Å². The van der Waals surface area contributed by atoms with E-state index in [4.69, 9.17) is 17.3 Å². The Hall–Kier alpha value is -1.29. The summed E-state index contributed by atoms with van der Waals surface area (Å²) in [4.78, 5) is 10.4. The lowest BCUT2D eigenvalue weighted by Crippen LogP contribution is -2.15. The van der Waals surface area contributed by atoms with E-state index < -0.39 is 5.91 Å². The number of hydrogen-bond donors (Lipinski definition) is 2. The minimum Gasteiger partial charge on any atom is -0.383 e. The van der Waals surface area contributed by atoms with E-state index in [1.807, 2.05) is 0 Å². The minimum absolute atomic E-state index is 0.187. The maximum Gasteiger partial charge on any atom is 0.219 e. The summed E-state index contributed by atoms with van der Waals surface area (Å²) in [5.74, 6) is -0.791. The van der Waals surface area contributed by atoms with Gasteiger partial charge in [-0.05, 0) is 18.2 Å². The van der Waals surface area contributed by atoms with Crippen molar-refractivity contribution in [3.05, 3.63) is 29.0 Å². The molecule has 0 aliphatic rings. The fourth-order valence-electron chi connectivity index (χ4n) is 0.953. The smallest absolute Gasteiger partial charge is 0.219 e. The van der Waals surface area contributed by atoms with Gasteiger partial charge in [0.05, 0.1) is 10.7 Å². The van der Waals surface area contributed by atoms with Crippen molar-refractivity contribution in [3.8, 4) is 0 Å². The van der Waals surface area contributed by atoms with Crippen molar-refractivity contribution in [2.45, 2.75) is 6.42 Å². The molecule has 1 aromatic carbocycles. The molecule has 0 saturated heterocycles. The Morgan fingerprint density at radius 2 is 2.29 bits per heavy atom. The Morgan fingerprint density at radius 1 is 1.57 bits per heavy atom. The van der Waals surface area contributed by atoms with Crippen LogP contribution in [0.4, 0.5) is 10.1 Å². The average molecular weight is 217 g/mol.